The Bertz CT molecular complexity index is 315. The number of hydrogen-bond donors (Lipinski definition) is 0. The zero-order valence-corrected chi connectivity index (χ0v) is 10.1. The molecule has 1 aliphatic rings. The number of nitrogens with zero attached hydrogens (tertiary/aromatic N) is 1. The van der Waals surface area contributed by atoms with E-state index in [4.69, 9.17) is 0 Å². The summed E-state index contributed by atoms with van der Waals surface area (Å²) in [6.45, 7) is 0.541. The highest BCUT2D eigenvalue weighted by Crippen LogP contribution is 2.19. The lowest BCUT2D eigenvalue weighted by atomic mass is 10.2. The van der Waals surface area contributed by atoms with E-state index >= 15 is 0 Å². The molecular formula is C11H17NO5. The van der Waals surface area contributed by atoms with E-state index in [0.717, 1.165) is 6.42 Å². The van der Waals surface area contributed by atoms with Gasteiger partial charge in [-0.25, -0.2) is 4.79 Å². The first kappa shape index (κ1) is 13.5. The van der Waals surface area contributed by atoms with Crippen LogP contribution in [0, 0.1) is 0 Å². The maximum atomic E-state index is 11.8. The van der Waals surface area contributed by atoms with Crippen molar-refractivity contribution in [2.24, 2.45) is 0 Å². The van der Waals surface area contributed by atoms with E-state index in [1.165, 1.54) is 19.1 Å². The minimum atomic E-state index is -0.495. The lowest BCUT2D eigenvalue weighted by Gasteiger charge is -2.22. The van der Waals surface area contributed by atoms with Crippen molar-refractivity contribution < 1.29 is 23.9 Å². The van der Waals surface area contributed by atoms with Crippen LogP contribution in [-0.2, 0) is 23.9 Å². The van der Waals surface area contributed by atoms with Gasteiger partial charge in [0.05, 0.1) is 20.6 Å². The van der Waals surface area contributed by atoms with Crippen LogP contribution in [0.3, 0.4) is 0 Å². The number of carbonyl (C=O) groups excluding carboxylic acids is 3. The van der Waals surface area contributed by atoms with E-state index in [0.29, 0.717) is 13.0 Å². The fourth-order valence-electron chi connectivity index (χ4n) is 1.90. The normalized spacial score (nSPS) is 18.9. The first-order valence-corrected chi connectivity index (χ1v) is 5.54. The number of methoxy groups -OCH3 is 2. The van der Waals surface area contributed by atoms with Crippen molar-refractivity contribution in [2.45, 2.75) is 31.7 Å². The first-order valence-electron chi connectivity index (χ1n) is 5.54. The minimum absolute atomic E-state index is 0.0414. The van der Waals surface area contributed by atoms with Gasteiger partial charge in [0.2, 0.25) is 5.91 Å². The van der Waals surface area contributed by atoms with Crippen LogP contribution in [0.5, 0.6) is 0 Å². The van der Waals surface area contributed by atoms with Crippen molar-refractivity contribution in [3.8, 4) is 0 Å². The minimum Gasteiger partial charge on any atom is -0.469 e. The molecule has 17 heavy (non-hydrogen) atoms. The molecule has 0 spiro atoms. The van der Waals surface area contributed by atoms with Gasteiger partial charge < -0.3 is 14.4 Å². The number of carbonyl (C=O) groups is 3. The summed E-state index contributed by atoms with van der Waals surface area (Å²) in [5, 5.41) is 0. The fraction of sp³-hybridized carbons (Fsp3) is 0.727. The molecule has 0 saturated carbocycles. The third kappa shape index (κ3) is 3.44. The van der Waals surface area contributed by atoms with Crippen molar-refractivity contribution in [1.29, 1.82) is 0 Å². The summed E-state index contributed by atoms with van der Waals surface area (Å²) >= 11 is 0. The van der Waals surface area contributed by atoms with Crippen LogP contribution in [0.4, 0.5) is 0 Å². The quantitative estimate of drug-likeness (QED) is 0.655. The van der Waals surface area contributed by atoms with Crippen LogP contribution in [0.25, 0.3) is 0 Å². The second-order valence-electron chi connectivity index (χ2n) is 3.84. The molecule has 0 aromatic carbocycles. The number of esters is 2. The predicted molar refractivity (Wildman–Crippen MR) is 58.0 cm³/mol. The summed E-state index contributed by atoms with van der Waals surface area (Å²) in [5.41, 5.74) is 0. The molecule has 1 atom stereocenters. The van der Waals surface area contributed by atoms with Gasteiger partial charge >= 0.3 is 11.9 Å². The summed E-state index contributed by atoms with van der Waals surface area (Å²) in [7, 11) is 2.58. The Morgan fingerprint density at radius 1 is 1.18 bits per heavy atom. The highest BCUT2D eigenvalue weighted by molar-refractivity contribution is 5.86. The highest BCUT2D eigenvalue weighted by atomic mass is 16.5. The summed E-state index contributed by atoms with van der Waals surface area (Å²) in [5.74, 6) is -1.02. The number of ether oxygens (including phenoxy) is 2. The van der Waals surface area contributed by atoms with Gasteiger partial charge in [0, 0.05) is 13.0 Å². The second-order valence-corrected chi connectivity index (χ2v) is 3.84. The van der Waals surface area contributed by atoms with Crippen molar-refractivity contribution in [3.05, 3.63) is 0 Å². The van der Waals surface area contributed by atoms with E-state index in [9.17, 15) is 14.4 Å². The van der Waals surface area contributed by atoms with Crippen LogP contribution in [0.15, 0.2) is 0 Å². The molecule has 0 aromatic heterocycles. The molecule has 0 bridgehead atoms. The van der Waals surface area contributed by atoms with Gasteiger partial charge in [-0.15, -0.1) is 0 Å². The van der Waals surface area contributed by atoms with Crippen molar-refractivity contribution in [3.63, 3.8) is 0 Å². The average molecular weight is 243 g/mol. The second kappa shape index (κ2) is 6.22. The Balaban J connectivity index is 2.50. The monoisotopic (exact) mass is 243 g/mol. The molecule has 1 unspecified atom stereocenters. The molecule has 1 rings (SSSR count). The standard InChI is InChI=1S/C11H17NO5/c1-16-10(14)6-5-9(13)12-7-3-4-8(12)11(15)17-2/h8H,3-7H2,1-2H3. The molecule has 1 heterocycles. The smallest absolute Gasteiger partial charge is 0.328 e. The van der Waals surface area contributed by atoms with Gasteiger partial charge in [0.15, 0.2) is 0 Å². The molecule has 1 aliphatic heterocycles. The average Bonchev–Trinajstić information content (AvgIpc) is 2.83. The summed E-state index contributed by atoms with van der Waals surface area (Å²) in [6, 6.07) is -0.495. The lowest BCUT2D eigenvalue weighted by molar-refractivity contribution is -0.151. The molecule has 6 heteroatoms. The summed E-state index contributed by atoms with van der Waals surface area (Å²) < 4.78 is 9.09. The first-order chi connectivity index (χ1) is 8.10. The van der Waals surface area contributed by atoms with Gasteiger partial charge in [0.25, 0.3) is 0 Å². The Morgan fingerprint density at radius 2 is 1.88 bits per heavy atom. The van der Waals surface area contributed by atoms with E-state index < -0.39 is 18.0 Å². The Hall–Kier alpha value is -1.59. The maximum absolute atomic E-state index is 11.8. The molecule has 1 saturated heterocycles. The van der Waals surface area contributed by atoms with Crippen LogP contribution in [0.2, 0.25) is 0 Å². The summed E-state index contributed by atoms with van der Waals surface area (Å²) in [6.07, 6.45) is 1.51. The van der Waals surface area contributed by atoms with Gasteiger partial charge in [-0.3, -0.25) is 9.59 Å². The number of amides is 1. The summed E-state index contributed by atoms with van der Waals surface area (Å²) in [4.78, 5) is 35.6. The molecule has 1 fully saturated rings. The molecule has 0 aliphatic carbocycles. The van der Waals surface area contributed by atoms with Gasteiger partial charge in [0.1, 0.15) is 6.04 Å². The number of rotatable bonds is 4. The molecule has 6 nitrogen and oxygen atoms in total. The van der Waals surface area contributed by atoms with Crippen molar-refractivity contribution in [2.75, 3.05) is 20.8 Å². The lowest BCUT2D eigenvalue weighted by Crippen LogP contribution is -2.41. The van der Waals surface area contributed by atoms with E-state index in [2.05, 4.69) is 9.47 Å². The largest absolute Gasteiger partial charge is 0.469 e. The molecular weight excluding hydrogens is 226 g/mol. The van der Waals surface area contributed by atoms with Crippen molar-refractivity contribution >= 4 is 17.8 Å². The van der Waals surface area contributed by atoms with Gasteiger partial charge in [-0.05, 0) is 12.8 Å². The zero-order chi connectivity index (χ0) is 12.8. The molecule has 1 amide bonds. The molecule has 0 N–H and O–H groups in total. The van der Waals surface area contributed by atoms with Gasteiger partial charge in [-0.1, -0.05) is 0 Å². The number of hydrogen-bond acceptors (Lipinski definition) is 5. The van der Waals surface area contributed by atoms with Crippen LogP contribution < -0.4 is 0 Å². The Kier molecular flexibility index (Phi) is 4.93. The topological polar surface area (TPSA) is 72.9 Å². The zero-order valence-electron chi connectivity index (χ0n) is 10.1. The third-order valence-electron chi connectivity index (χ3n) is 2.82. The third-order valence-corrected chi connectivity index (χ3v) is 2.82. The SMILES string of the molecule is COC(=O)CCC(=O)N1CCCC1C(=O)OC. The van der Waals surface area contributed by atoms with E-state index in [1.54, 1.807) is 0 Å². The van der Waals surface area contributed by atoms with Crippen molar-refractivity contribution in [1.82, 2.24) is 4.90 Å². The van der Waals surface area contributed by atoms with Crippen LogP contribution in [0.1, 0.15) is 25.7 Å². The molecule has 0 aromatic rings. The van der Waals surface area contributed by atoms with Gasteiger partial charge in [-0.2, -0.15) is 0 Å². The van der Waals surface area contributed by atoms with Crippen LogP contribution in [-0.4, -0.2) is 49.6 Å². The fourth-order valence-corrected chi connectivity index (χ4v) is 1.90. The molecule has 0 radical (unpaired) electrons. The van der Waals surface area contributed by atoms with E-state index in [-0.39, 0.29) is 18.7 Å². The molecule has 96 valence electrons. The number of likely N-dealkylation sites (tertiary alicyclic amines) is 1. The predicted octanol–water partition coefficient (Wildman–Crippen LogP) is 0.104. The Morgan fingerprint density at radius 3 is 2.47 bits per heavy atom. The maximum Gasteiger partial charge on any atom is 0.328 e. The highest BCUT2D eigenvalue weighted by Gasteiger charge is 2.34. The van der Waals surface area contributed by atoms with E-state index in [1.807, 2.05) is 0 Å². The Labute approximate surface area is 99.9 Å². The van der Waals surface area contributed by atoms with Crippen LogP contribution >= 0.6 is 0 Å².